The number of aliphatic hydroxyl groups excluding tert-OH is 1. The van der Waals surface area contributed by atoms with E-state index in [-0.39, 0.29) is 24.5 Å². The van der Waals surface area contributed by atoms with Crippen LogP contribution in [0.3, 0.4) is 0 Å². The molecular weight excluding hydrogens is 288 g/mol. The predicted octanol–water partition coefficient (Wildman–Crippen LogP) is 0.833. The molecule has 1 unspecified atom stereocenters. The highest BCUT2D eigenvalue weighted by Gasteiger charge is 2.25. The third-order valence-electron chi connectivity index (χ3n) is 3.29. The maximum absolute atomic E-state index is 12.3. The molecule has 1 aromatic heterocycles. The van der Waals surface area contributed by atoms with Crippen molar-refractivity contribution in [3.8, 4) is 11.8 Å². The number of aliphatic hydroxyl groups is 1. The molecule has 5 nitrogen and oxygen atoms in total. The second kappa shape index (κ2) is 7.25. The van der Waals surface area contributed by atoms with Gasteiger partial charge in [-0.15, -0.1) is 11.3 Å². The number of piperidine rings is 1. The molecule has 1 atom stereocenters. The molecule has 1 aliphatic heterocycles. The minimum absolute atomic E-state index is 0.0134. The summed E-state index contributed by atoms with van der Waals surface area (Å²) in [7, 11) is 1.75. The van der Waals surface area contributed by atoms with E-state index in [2.05, 4.69) is 17.2 Å². The molecule has 1 saturated heterocycles. The summed E-state index contributed by atoms with van der Waals surface area (Å²) in [6.45, 7) is 0.558. The molecule has 1 fully saturated rings. The van der Waals surface area contributed by atoms with Crippen LogP contribution >= 0.6 is 11.3 Å². The van der Waals surface area contributed by atoms with Crippen LogP contribution < -0.4 is 5.32 Å². The molecule has 1 aliphatic rings. The van der Waals surface area contributed by atoms with Crippen molar-refractivity contribution in [2.24, 2.45) is 0 Å². The number of amides is 2. The van der Waals surface area contributed by atoms with Crippen molar-refractivity contribution in [2.45, 2.75) is 25.3 Å². The summed E-state index contributed by atoms with van der Waals surface area (Å²) in [5.41, 5.74) is 0.686. The lowest BCUT2D eigenvalue weighted by Crippen LogP contribution is -2.48. The van der Waals surface area contributed by atoms with Gasteiger partial charge in [0.25, 0.3) is 5.91 Å². The molecule has 0 aliphatic carbocycles. The number of rotatable bonds is 3. The van der Waals surface area contributed by atoms with Crippen molar-refractivity contribution in [1.82, 2.24) is 10.2 Å². The lowest BCUT2D eigenvalue weighted by molar-refractivity contribution is -0.132. The van der Waals surface area contributed by atoms with E-state index in [0.29, 0.717) is 36.2 Å². The first kappa shape index (κ1) is 15.5. The highest BCUT2D eigenvalue weighted by Crippen LogP contribution is 2.17. The zero-order valence-corrected chi connectivity index (χ0v) is 12.7. The summed E-state index contributed by atoms with van der Waals surface area (Å²) >= 11 is 1.35. The summed E-state index contributed by atoms with van der Waals surface area (Å²) in [5, 5.41) is 13.5. The Morgan fingerprint density at radius 3 is 3.14 bits per heavy atom. The van der Waals surface area contributed by atoms with E-state index < -0.39 is 0 Å². The summed E-state index contributed by atoms with van der Waals surface area (Å²) in [6, 6.07) is 1.79. The summed E-state index contributed by atoms with van der Waals surface area (Å²) in [6.07, 6.45) is 1.54. The van der Waals surface area contributed by atoms with Gasteiger partial charge in [-0.2, -0.15) is 0 Å². The summed E-state index contributed by atoms with van der Waals surface area (Å²) in [5.74, 6) is 5.70. The largest absolute Gasteiger partial charge is 0.395 e. The maximum Gasteiger partial charge on any atom is 0.262 e. The van der Waals surface area contributed by atoms with Gasteiger partial charge in [0, 0.05) is 38.0 Å². The lowest BCUT2D eigenvalue weighted by atomic mass is 10.1. The Bertz CT molecular complexity index is 585. The molecule has 2 amide bonds. The Hall–Kier alpha value is -1.84. The van der Waals surface area contributed by atoms with Crippen LogP contribution in [0.2, 0.25) is 0 Å². The zero-order chi connectivity index (χ0) is 15.2. The highest BCUT2D eigenvalue weighted by molar-refractivity contribution is 7.12. The Balaban J connectivity index is 2.00. The minimum atomic E-state index is -0.147. The second-order valence-corrected chi connectivity index (χ2v) is 5.84. The molecule has 21 heavy (non-hydrogen) atoms. The Labute approximate surface area is 128 Å². The predicted molar refractivity (Wildman–Crippen MR) is 81.0 cm³/mol. The van der Waals surface area contributed by atoms with Crippen molar-refractivity contribution in [2.75, 3.05) is 20.2 Å². The fraction of sp³-hybridized carbons (Fsp3) is 0.467. The van der Waals surface area contributed by atoms with E-state index >= 15 is 0 Å². The first-order chi connectivity index (χ1) is 10.1. The number of likely N-dealkylation sites (N-methyl/N-ethyl adjacent to an activating group) is 1. The molecule has 0 saturated carbocycles. The van der Waals surface area contributed by atoms with Crippen molar-refractivity contribution in [3.05, 3.63) is 21.9 Å². The van der Waals surface area contributed by atoms with E-state index in [9.17, 15) is 9.59 Å². The van der Waals surface area contributed by atoms with Gasteiger partial charge < -0.3 is 15.3 Å². The van der Waals surface area contributed by atoms with E-state index in [1.165, 1.54) is 11.3 Å². The van der Waals surface area contributed by atoms with Gasteiger partial charge in [0.15, 0.2) is 0 Å². The maximum atomic E-state index is 12.3. The van der Waals surface area contributed by atoms with Crippen LogP contribution in [-0.2, 0) is 4.79 Å². The van der Waals surface area contributed by atoms with E-state index in [1.54, 1.807) is 18.0 Å². The van der Waals surface area contributed by atoms with Crippen LogP contribution in [0.1, 0.15) is 34.5 Å². The third-order valence-corrected chi connectivity index (χ3v) is 4.21. The molecule has 112 valence electrons. The van der Waals surface area contributed by atoms with Crippen LogP contribution in [-0.4, -0.2) is 48.1 Å². The molecule has 2 N–H and O–H groups in total. The quantitative estimate of drug-likeness (QED) is 0.813. The number of hydrogen-bond donors (Lipinski definition) is 2. The third kappa shape index (κ3) is 4.06. The normalized spacial score (nSPS) is 18.1. The monoisotopic (exact) mass is 306 g/mol. The number of nitrogens with one attached hydrogen (secondary N) is 1. The Morgan fingerprint density at radius 1 is 1.62 bits per heavy atom. The average Bonchev–Trinajstić information content (AvgIpc) is 2.92. The fourth-order valence-corrected chi connectivity index (χ4v) is 2.93. The van der Waals surface area contributed by atoms with E-state index in [1.807, 2.05) is 5.38 Å². The molecule has 6 heteroatoms. The van der Waals surface area contributed by atoms with Crippen LogP contribution in [0.25, 0.3) is 0 Å². The fourth-order valence-electron chi connectivity index (χ4n) is 2.18. The van der Waals surface area contributed by atoms with Crippen LogP contribution in [0, 0.1) is 11.8 Å². The van der Waals surface area contributed by atoms with Crippen LogP contribution in [0.15, 0.2) is 11.4 Å². The van der Waals surface area contributed by atoms with E-state index in [0.717, 1.165) is 0 Å². The highest BCUT2D eigenvalue weighted by atomic mass is 32.1. The molecule has 0 bridgehead atoms. The molecule has 2 heterocycles. The number of thiophene rings is 1. The number of nitrogens with zero attached hydrogens (tertiary/aromatic N) is 1. The molecule has 0 spiro atoms. The van der Waals surface area contributed by atoms with Gasteiger partial charge in [-0.05, 0) is 17.9 Å². The molecular formula is C15H18N2O3S. The van der Waals surface area contributed by atoms with Crippen molar-refractivity contribution in [3.63, 3.8) is 0 Å². The van der Waals surface area contributed by atoms with Gasteiger partial charge in [-0.3, -0.25) is 9.59 Å². The summed E-state index contributed by atoms with van der Waals surface area (Å²) < 4.78 is 0. The number of likely N-dealkylation sites (tertiary alicyclic amines) is 1. The van der Waals surface area contributed by atoms with Gasteiger partial charge in [-0.1, -0.05) is 11.8 Å². The zero-order valence-electron chi connectivity index (χ0n) is 11.9. The first-order valence-electron chi connectivity index (χ1n) is 6.84. The average molecular weight is 306 g/mol. The van der Waals surface area contributed by atoms with Gasteiger partial charge in [-0.25, -0.2) is 0 Å². The molecule has 2 rings (SSSR count). The topological polar surface area (TPSA) is 69.6 Å². The second-order valence-electron chi connectivity index (χ2n) is 4.92. The van der Waals surface area contributed by atoms with Gasteiger partial charge in [0.2, 0.25) is 5.91 Å². The Morgan fingerprint density at radius 2 is 2.43 bits per heavy atom. The van der Waals surface area contributed by atoms with Crippen LogP contribution in [0.5, 0.6) is 0 Å². The van der Waals surface area contributed by atoms with Gasteiger partial charge in [0.1, 0.15) is 4.88 Å². The van der Waals surface area contributed by atoms with Gasteiger partial charge >= 0.3 is 0 Å². The van der Waals surface area contributed by atoms with Crippen molar-refractivity contribution in [1.29, 1.82) is 0 Å². The number of carbonyl (C=O) groups excluding carboxylic acids is 2. The SMILES string of the molecule is CN1CC(NC(=O)c2sccc2C#CCCO)CCC1=O. The number of hydrogen-bond acceptors (Lipinski definition) is 4. The van der Waals surface area contributed by atoms with Crippen LogP contribution in [0.4, 0.5) is 0 Å². The molecule has 1 aromatic rings. The standard InChI is InChI=1S/C15H18N2O3S/c1-17-10-12(5-6-13(17)19)16-15(20)14-11(7-9-21-14)4-2-3-8-18/h7,9,12,18H,3,5-6,8,10H2,1H3,(H,16,20). The van der Waals surface area contributed by atoms with Crippen molar-refractivity contribution < 1.29 is 14.7 Å². The molecule has 0 aromatic carbocycles. The first-order valence-corrected chi connectivity index (χ1v) is 7.72. The van der Waals surface area contributed by atoms with E-state index in [4.69, 9.17) is 5.11 Å². The minimum Gasteiger partial charge on any atom is -0.395 e. The van der Waals surface area contributed by atoms with Gasteiger partial charge in [0.05, 0.1) is 6.61 Å². The lowest BCUT2D eigenvalue weighted by Gasteiger charge is -2.30. The smallest absolute Gasteiger partial charge is 0.262 e. The number of carbonyl (C=O) groups is 2. The Kier molecular flexibility index (Phi) is 5.37. The molecule has 0 radical (unpaired) electrons. The van der Waals surface area contributed by atoms with Crippen molar-refractivity contribution >= 4 is 23.2 Å². The summed E-state index contributed by atoms with van der Waals surface area (Å²) in [4.78, 5) is 26.0.